The van der Waals surface area contributed by atoms with Gasteiger partial charge in [-0.1, -0.05) is 34.8 Å². The molecule has 0 radical (unpaired) electrons. The standard InChI is InChI=1S/C16H13Cl3N2O3/c1-8(22)20-14-7-15(24-2)10(6-12(14)19)16(23)21-13-4-3-9(17)5-11(13)18/h3-7H,1-2H3,(H,20,22)(H,21,23). The van der Waals surface area contributed by atoms with Crippen LogP contribution in [-0.2, 0) is 4.79 Å². The highest BCUT2D eigenvalue weighted by Crippen LogP contribution is 2.32. The Morgan fingerprint density at radius 3 is 2.21 bits per heavy atom. The van der Waals surface area contributed by atoms with E-state index in [1.807, 2.05) is 0 Å². The fourth-order valence-electron chi connectivity index (χ4n) is 1.97. The van der Waals surface area contributed by atoms with Crippen molar-refractivity contribution in [2.75, 3.05) is 17.7 Å². The van der Waals surface area contributed by atoms with Crippen LogP contribution in [0.1, 0.15) is 17.3 Å². The van der Waals surface area contributed by atoms with Gasteiger partial charge in [-0.15, -0.1) is 0 Å². The van der Waals surface area contributed by atoms with E-state index in [9.17, 15) is 9.59 Å². The number of benzene rings is 2. The summed E-state index contributed by atoms with van der Waals surface area (Å²) in [5.74, 6) is -0.498. The summed E-state index contributed by atoms with van der Waals surface area (Å²) in [6, 6.07) is 7.59. The molecular weight excluding hydrogens is 375 g/mol. The van der Waals surface area contributed by atoms with Crippen molar-refractivity contribution in [2.45, 2.75) is 6.92 Å². The molecule has 0 unspecified atom stereocenters. The SMILES string of the molecule is COc1cc(NC(C)=O)c(Cl)cc1C(=O)Nc1ccc(Cl)cc1Cl. The number of hydrogen-bond donors (Lipinski definition) is 2. The van der Waals surface area contributed by atoms with Crippen molar-refractivity contribution < 1.29 is 14.3 Å². The number of ether oxygens (including phenoxy) is 1. The minimum atomic E-state index is -0.465. The maximum Gasteiger partial charge on any atom is 0.259 e. The van der Waals surface area contributed by atoms with Gasteiger partial charge in [-0.25, -0.2) is 0 Å². The third kappa shape index (κ3) is 4.32. The van der Waals surface area contributed by atoms with Gasteiger partial charge in [-0.05, 0) is 24.3 Å². The zero-order valence-electron chi connectivity index (χ0n) is 12.7. The Balaban J connectivity index is 2.34. The highest BCUT2D eigenvalue weighted by atomic mass is 35.5. The highest BCUT2D eigenvalue weighted by Gasteiger charge is 2.17. The van der Waals surface area contributed by atoms with Crippen LogP contribution >= 0.6 is 34.8 Å². The van der Waals surface area contributed by atoms with Gasteiger partial charge in [0.05, 0.1) is 34.1 Å². The number of rotatable bonds is 4. The second-order valence-corrected chi connectivity index (χ2v) is 6.04. The van der Waals surface area contributed by atoms with E-state index in [4.69, 9.17) is 39.5 Å². The van der Waals surface area contributed by atoms with Crippen molar-refractivity contribution in [3.8, 4) is 5.75 Å². The molecule has 0 heterocycles. The van der Waals surface area contributed by atoms with Crippen molar-refractivity contribution in [3.63, 3.8) is 0 Å². The van der Waals surface area contributed by atoms with Crippen LogP contribution in [0.15, 0.2) is 30.3 Å². The van der Waals surface area contributed by atoms with Gasteiger partial charge in [-0.2, -0.15) is 0 Å². The number of halogens is 3. The normalized spacial score (nSPS) is 10.2. The topological polar surface area (TPSA) is 67.4 Å². The molecule has 0 fully saturated rings. The Bertz CT molecular complexity index is 809. The molecule has 0 aliphatic carbocycles. The molecule has 5 nitrogen and oxygen atoms in total. The van der Waals surface area contributed by atoms with Crippen molar-refractivity contribution in [2.24, 2.45) is 0 Å². The Morgan fingerprint density at radius 2 is 1.62 bits per heavy atom. The Labute approximate surface area is 153 Å². The number of carbonyl (C=O) groups excluding carboxylic acids is 2. The predicted molar refractivity (Wildman–Crippen MR) is 96.7 cm³/mol. The third-order valence-corrected chi connectivity index (χ3v) is 3.88. The Kier molecular flexibility index (Phi) is 5.94. The number of amides is 2. The summed E-state index contributed by atoms with van der Waals surface area (Å²) < 4.78 is 5.21. The molecule has 126 valence electrons. The van der Waals surface area contributed by atoms with Crippen LogP contribution in [0.25, 0.3) is 0 Å². The van der Waals surface area contributed by atoms with E-state index in [1.54, 1.807) is 12.1 Å². The number of carbonyl (C=O) groups is 2. The van der Waals surface area contributed by atoms with Crippen LogP contribution in [0.4, 0.5) is 11.4 Å². The predicted octanol–water partition coefficient (Wildman–Crippen LogP) is 4.87. The first-order valence-electron chi connectivity index (χ1n) is 6.73. The number of anilines is 2. The number of methoxy groups -OCH3 is 1. The van der Waals surface area contributed by atoms with Gasteiger partial charge in [0.25, 0.3) is 5.91 Å². The molecule has 2 amide bonds. The van der Waals surface area contributed by atoms with Gasteiger partial charge in [0.15, 0.2) is 0 Å². The van der Waals surface area contributed by atoms with E-state index < -0.39 is 5.91 Å². The monoisotopic (exact) mass is 386 g/mol. The molecule has 0 bridgehead atoms. The highest BCUT2D eigenvalue weighted by molar-refractivity contribution is 6.37. The molecule has 0 saturated heterocycles. The van der Waals surface area contributed by atoms with Crippen LogP contribution in [0, 0.1) is 0 Å². The second kappa shape index (κ2) is 7.75. The average molecular weight is 388 g/mol. The number of hydrogen-bond acceptors (Lipinski definition) is 3. The minimum Gasteiger partial charge on any atom is -0.496 e. The molecule has 0 aliphatic rings. The Hall–Kier alpha value is -1.95. The fourth-order valence-corrected chi connectivity index (χ4v) is 2.63. The summed E-state index contributed by atoms with van der Waals surface area (Å²) in [7, 11) is 1.41. The maximum absolute atomic E-state index is 12.5. The quantitative estimate of drug-likeness (QED) is 0.787. The van der Waals surface area contributed by atoms with E-state index in [0.717, 1.165) is 0 Å². The van der Waals surface area contributed by atoms with Gasteiger partial charge < -0.3 is 15.4 Å². The summed E-state index contributed by atoms with van der Waals surface area (Å²) >= 11 is 18.0. The van der Waals surface area contributed by atoms with Gasteiger partial charge in [-0.3, -0.25) is 9.59 Å². The van der Waals surface area contributed by atoms with Gasteiger partial charge >= 0.3 is 0 Å². The summed E-state index contributed by atoms with van der Waals surface area (Å²) in [5.41, 5.74) is 0.944. The van der Waals surface area contributed by atoms with Crippen LogP contribution in [0.5, 0.6) is 5.75 Å². The number of nitrogens with one attached hydrogen (secondary N) is 2. The summed E-state index contributed by atoms with van der Waals surface area (Å²) in [6.07, 6.45) is 0. The molecule has 2 rings (SSSR count). The molecule has 0 spiro atoms. The van der Waals surface area contributed by atoms with Crippen LogP contribution in [0.3, 0.4) is 0 Å². The zero-order valence-corrected chi connectivity index (χ0v) is 15.0. The first-order valence-corrected chi connectivity index (χ1v) is 7.86. The van der Waals surface area contributed by atoms with E-state index in [1.165, 1.54) is 32.2 Å². The average Bonchev–Trinajstić information content (AvgIpc) is 2.51. The third-order valence-electron chi connectivity index (χ3n) is 3.02. The molecule has 0 atom stereocenters. The van der Waals surface area contributed by atoms with Crippen molar-refractivity contribution in [1.29, 1.82) is 0 Å². The van der Waals surface area contributed by atoms with Gasteiger partial charge in [0, 0.05) is 18.0 Å². The van der Waals surface area contributed by atoms with Crippen LogP contribution in [0.2, 0.25) is 15.1 Å². The molecule has 0 aliphatic heterocycles. The molecule has 24 heavy (non-hydrogen) atoms. The largest absolute Gasteiger partial charge is 0.496 e. The lowest BCUT2D eigenvalue weighted by molar-refractivity contribution is -0.114. The fraction of sp³-hybridized carbons (Fsp3) is 0.125. The first-order chi connectivity index (χ1) is 11.3. The molecule has 2 aromatic carbocycles. The van der Waals surface area contributed by atoms with E-state index in [-0.39, 0.29) is 22.2 Å². The van der Waals surface area contributed by atoms with Crippen LogP contribution in [-0.4, -0.2) is 18.9 Å². The summed E-state index contributed by atoms with van der Waals surface area (Å²) in [4.78, 5) is 23.7. The molecule has 0 aromatic heterocycles. The smallest absolute Gasteiger partial charge is 0.259 e. The maximum atomic E-state index is 12.5. The van der Waals surface area contributed by atoms with E-state index >= 15 is 0 Å². The minimum absolute atomic E-state index is 0.197. The van der Waals surface area contributed by atoms with Gasteiger partial charge in [0.2, 0.25) is 5.91 Å². The Morgan fingerprint density at radius 1 is 0.958 bits per heavy atom. The second-order valence-electron chi connectivity index (χ2n) is 4.79. The lowest BCUT2D eigenvalue weighted by Crippen LogP contribution is -2.14. The summed E-state index contributed by atoms with van der Waals surface area (Å²) in [5, 5.41) is 6.19. The lowest BCUT2D eigenvalue weighted by Gasteiger charge is -2.13. The molecule has 2 N–H and O–H groups in total. The molecular formula is C16H13Cl3N2O3. The molecule has 0 saturated carbocycles. The van der Waals surface area contributed by atoms with Crippen LogP contribution < -0.4 is 15.4 Å². The molecule has 2 aromatic rings. The van der Waals surface area contributed by atoms with E-state index in [2.05, 4.69) is 10.6 Å². The lowest BCUT2D eigenvalue weighted by atomic mass is 10.1. The summed E-state index contributed by atoms with van der Waals surface area (Å²) in [6.45, 7) is 1.35. The molecule has 8 heteroatoms. The van der Waals surface area contributed by atoms with Gasteiger partial charge in [0.1, 0.15) is 5.75 Å². The van der Waals surface area contributed by atoms with Crippen molar-refractivity contribution in [3.05, 3.63) is 51.0 Å². The first kappa shape index (κ1) is 18.4. The van der Waals surface area contributed by atoms with Crippen molar-refractivity contribution in [1.82, 2.24) is 0 Å². The van der Waals surface area contributed by atoms with Crippen molar-refractivity contribution >= 4 is 58.0 Å². The zero-order chi connectivity index (χ0) is 17.9. The van der Waals surface area contributed by atoms with E-state index in [0.29, 0.717) is 21.4 Å².